The molecule has 2 aliphatic rings. The van der Waals surface area contributed by atoms with E-state index in [9.17, 15) is 14.0 Å². The first-order valence-electron chi connectivity index (χ1n) is 11.8. The molecule has 0 spiro atoms. The second-order valence-electron chi connectivity index (χ2n) is 9.39. The molecule has 33 heavy (non-hydrogen) atoms. The normalized spacial score (nSPS) is 16.6. The van der Waals surface area contributed by atoms with Crippen LogP contribution < -0.4 is 4.90 Å². The molecule has 4 rings (SSSR count). The van der Waals surface area contributed by atoms with Gasteiger partial charge < -0.3 is 14.7 Å². The Labute approximate surface area is 194 Å². The highest BCUT2D eigenvalue weighted by Gasteiger charge is 2.35. The number of carbonyl (C=O) groups excluding carboxylic acids is 2. The van der Waals surface area contributed by atoms with E-state index in [0.717, 1.165) is 37.2 Å². The molecular formula is C25H32FN5O2. The highest BCUT2D eigenvalue weighted by atomic mass is 19.1. The van der Waals surface area contributed by atoms with Gasteiger partial charge in [-0.15, -0.1) is 10.2 Å². The summed E-state index contributed by atoms with van der Waals surface area (Å²) in [4.78, 5) is 31.4. The zero-order valence-corrected chi connectivity index (χ0v) is 19.4. The predicted molar refractivity (Wildman–Crippen MR) is 125 cm³/mol. The largest absolute Gasteiger partial charge is 0.353 e. The van der Waals surface area contributed by atoms with Crippen molar-refractivity contribution in [1.82, 2.24) is 20.0 Å². The first-order chi connectivity index (χ1) is 15.9. The molecule has 0 N–H and O–H groups in total. The van der Waals surface area contributed by atoms with Gasteiger partial charge in [0.05, 0.1) is 12.2 Å². The molecule has 0 atom stereocenters. The zero-order chi connectivity index (χ0) is 23.4. The van der Waals surface area contributed by atoms with Crippen LogP contribution >= 0.6 is 0 Å². The van der Waals surface area contributed by atoms with Crippen molar-refractivity contribution in [2.24, 2.45) is 11.8 Å². The van der Waals surface area contributed by atoms with Gasteiger partial charge in [0.1, 0.15) is 5.82 Å². The minimum Gasteiger partial charge on any atom is -0.353 e. The number of halogens is 1. The smallest absolute Gasteiger partial charge is 0.242 e. The summed E-state index contributed by atoms with van der Waals surface area (Å²) in [5.74, 6) is 1.08. The Hall–Kier alpha value is -3.03. The van der Waals surface area contributed by atoms with Crippen molar-refractivity contribution < 1.29 is 14.0 Å². The molecule has 176 valence electrons. The third-order valence-electron chi connectivity index (χ3n) is 6.11. The number of aromatic nitrogens is 2. The minimum atomic E-state index is -0.281. The molecule has 2 amide bonds. The minimum absolute atomic E-state index is 0.0178. The van der Waals surface area contributed by atoms with Crippen molar-refractivity contribution >= 4 is 17.6 Å². The predicted octanol–water partition coefficient (Wildman–Crippen LogP) is 3.22. The molecule has 1 aliphatic heterocycles. The summed E-state index contributed by atoms with van der Waals surface area (Å²) < 4.78 is 13.1. The summed E-state index contributed by atoms with van der Waals surface area (Å²) in [6.45, 7) is 7.64. The Morgan fingerprint density at radius 1 is 1.03 bits per heavy atom. The first kappa shape index (κ1) is 23.1. The lowest BCUT2D eigenvalue weighted by Crippen LogP contribution is -2.45. The molecule has 1 aromatic carbocycles. The lowest BCUT2D eigenvalue weighted by Gasteiger charge is -2.28. The van der Waals surface area contributed by atoms with Crippen LogP contribution in [0.5, 0.6) is 0 Å². The average Bonchev–Trinajstić information content (AvgIpc) is 3.65. The molecular weight excluding hydrogens is 421 g/mol. The quantitative estimate of drug-likeness (QED) is 0.644. The van der Waals surface area contributed by atoms with E-state index in [2.05, 4.69) is 28.9 Å². The van der Waals surface area contributed by atoms with Gasteiger partial charge in [-0.3, -0.25) is 9.59 Å². The van der Waals surface area contributed by atoms with Gasteiger partial charge in [-0.2, -0.15) is 0 Å². The van der Waals surface area contributed by atoms with Gasteiger partial charge >= 0.3 is 0 Å². The molecule has 0 bridgehead atoms. The average molecular weight is 454 g/mol. The van der Waals surface area contributed by atoms with E-state index >= 15 is 0 Å². The van der Waals surface area contributed by atoms with Crippen molar-refractivity contribution in [3.05, 3.63) is 42.2 Å². The van der Waals surface area contributed by atoms with Gasteiger partial charge in [-0.1, -0.05) is 13.8 Å². The van der Waals surface area contributed by atoms with Crippen LogP contribution in [0, 0.1) is 17.7 Å². The number of nitrogens with zero attached hydrogens (tertiary/aromatic N) is 5. The van der Waals surface area contributed by atoms with Crippen LogP contribution in [-0.2, 0) is 9.59 Å². The van der Waals surface area contributed by atoms with Crippen LogP contribution in [0.15, 0.2) is 36.4 Å². The first-order valence-corrected chi connectivity index (χ1v) is 11.8. The molecule has 0 unspecified atom stereocenters. The molecule has 0 radical (unpaired) electrons. The van der Waals surface area contributed by atoms with Gasteiger partial charge in [0.25, 0.3) is 0 Å². The van der Waals surface area contributed by atoms with E-state index < -0.39 is 0 Å². The number of amides is 2. The maximum absolute atomic E-state index is 13.1. The monoisotopic (exact) mass is 453 g/mol. The number of carbonyl (C=O) groups is 2. The topological polar surface area (TPSA) is 69.6 Å². The SMILES string of the molecule is CC(C)CN(CC(=O)N1CCCN(c2ccc(-c3ccc(F)cc3)nn2)CC1)C(=O)C1CC1. The molecule has 1 aliphatic carbocycles. The maximum Gasteiger partial charge on any atom is 0.242 e. The van der Waals surface area contributed by atoms with Gasteiger partial charge in [-0.05, 0) is 61.6 Å². The van der Waals surface area contributed by atoms with Crippen LogP contribution in [-0.4, -0.2) is 71.1 Å². The van der Waals surface area contributed by atoms with Gasteiger partial charge in [0.15, 0.2) is 5.82 Å². The lowest BCUT2D eigenvalue weighted by molar-refractivity contribution is -0.141. The molecule has 2 aromatic rings. The van der Waals surface area contributed by atoms with Gasteiger partial charge in [0.2, 0.25) is 11.8 Å². The molecule has 2 fully saturated rings. The standard InChI is InChI=1S/C25H32FN5O2/c1-18(2)16-31(25(33)20-4-5-20)17-24(32)30-13-3-12-29(14-15-30)23-11-10-22(27-28-23)19-6-8-21(26)9-7-19/h6-11,18,20H,3-5,12-17H2,1-2H3. The molecule has 8 heteroatoms. The number of hydrogen-bond donors (Lipinski definition) is 0. The number of anilines is 1. The van der Waals surface area contributed by atoms with Crippen LogP contribution in [0.1, 0.15) is 33.1 Å². The Morgan fingerprint density at radius 3 is 2.42 bits per heavy atom. The molecule has 1 saturated heterocycles. The summed E-state index contributed by atoms with van der Waals surface area (Å²) >= 11 is 0. The Morgan fingerprint density at radius 2 is 1.79 bits per heavy atom. The van der Waals surface area contributed by atoms with Crippen molar-refractivity contribution in [3.8, 4) is 11.3 Å². The maximum atomic E-state index is 13.1. The second kappa shape index (κ2) is 10.3. The van der Waals surface area contributed by atoms with E-state index in [0.29, 0.717) is 37.8 Å². The van der Waals surface area contributed by atoms with E-state index in [-0.39, 0.29) is 30.1 Å². The fourth-order valence-electron chi connectivity index (χ4n) is 4.19. The Kier molecular flexibility index (Phi) is 7.20. The molecule has 2 heterocycles. The summed E-state index contributed by atoms with van der Waals surface area (Å²) in [6, 6.07) is 9.99. The number of benzene rings is 1. The van der Waals surface area contributed by atoms with E-state index in [1.165, 1.54) is 12.1 Å². The van der Waals surface area contributed by atoms with Gasteiger partial charge in [-0.25, -0.2) is 4.39 Å². The van der Waals surface area contributed by atoms with Crippen molar-refractivity contribution in [1.29, 1.82) is 0 Å². The second-order valence-corrected chi connectivity index (χ2v) is 9.39. The molecule has 7 nitrogen and oxygen atoms in total. The van der Waals surface area contributed by atoms with E-state index in [1.54, 1.807) is 17.0 Å². The fraction of sp³-hybridized carbons (Fsp3) is 0.520. The molecule has 1 aromatic heterocycles. The summed E-state index contributed by atoms with van der Waals surface area (Å²) in [5.41, 5.74) is 1.51. The highest BCUT2D eigenvalue weighted by Crippen LogP contribution is 2.31. The van der Waals surface area contributed by atoms with E-state index in [1.807, 2.05) is 17.0 Å². The Bertz CT molecular complexity index is 960. The Balaban J connectivity index is 1.35. The summed E-state index contributed by atoms with van der Waals surface area (Å²) in [6.07, 6.45) is 2.72. The number of rotatable bonds is 7. The molecule has 1 saturated carbocycles. The third-order valence-corrected chi connectivity index (χ3v) is 6.11. The summed E-state index contributed by atoms with van der Waals surface area (Å²) in [5, 5.41) is 8.68. The van der Waals surface area contributed by atoms with Crippen molar-refractivity contribution in [3.63, 3.8) is 0 Å². The number of hydrogen-bond acceptors (Lipinski definition) is 5. The van der Waals surface area contributed by atoms with Gasteiger partial charge in [0, 0.05) is 44.2 Å². The van der Waals surface area contributed by atoms with Crippen molar-refractivity contribution in [2.75, 3.05) is 44.2 Å². The van der Waals surface area contributed by atoms with Crippen LogP contribution in [0.3, 0.4) is 0 Å². The summed E-state index contributed by atoms with van der Waals surface area (Å²) in [7, 11) is 0. The lowest BCUT2D eigenvalue weighted by atomic mass is 10.1. The van der Waals surface area contributed by atoms with Crippen LogP contribution in [0.4, 0.5) is 10.2 Å². The highest BCUT2D eigenvalue weighted by molar-refractivity contribution is 5.87. The van der Waals surface area contributed by atoms with E-state index in [4.69, 9.17) is 0 Å². The fourth-order valence-corrected chi connectivity index (χ4v) is 4.19. The third kappa shape index (κ3) is 6.06. The zero-order valence-electron chi connectivity index (χ0n) is 19.4. The van der Waals surface area contributed by atoms with Crippen LogP contribution in [0.2, 0.25) is 0 Å². The van der Waals surface area contributed by atoms with Crippen molar-refractivity contribution in [2.45, 2.75) is 33.1 Å². The van der Waals surface area contributed by atoms with Crippen LogP contribution in [0.25, 0.3) is 11.3 Å².